The zero-order chi connectivity index (χ0) is 22.7. The number of carbonyl (C=O) groups excluding carboxylic acids is 1. The Morgan fingerprint density at radius 3 is 2.50 bits per heavy atom. The zero-order valence-corrected chi connectivity index (χ0v) is 18.4. The first-order valence-corrected chi connectivity index (χ1v) is 11.0. The van der Waals surface area contributed by atoms with Gasteiger partial charge >= 0.3 is 0 Å². The minimum absolute atomic E-state index is 0.137. The first-order valence-electron chi connectivity index (χ1n) is 11.0. The molecule has 0 saturated heterocycles. The highest BCUT2D eigenvalue weighted by molar-refractivity contribution is 5.94. The van der Waals surface area contributed by atoms with Crippen molar-refractivity contribution >= 4 is 28.3 Å². The molecule has 4 rings (SSSR count). The maximum Gasteiger partial charge on any atom is 0.251 e. The van der Waals surface area contributed by atoms with Crippen molar-refractivity contribution in [2.45, 2.75) is 31.7 Å². The van der Waals surface area contributed by atoms with Crippen LogP contribution in [0.25, 0.3) is 10.9 Å². The number of nitrogens with zero attached hydrogens (tertiary/aromatic N) is 2. The third-order valence-corrected chi connectivity index (χ3v) is 6.11. The lowest BCUT2D eigenvalue weighted by atomic mass is 9.86. The van der Waals surface area contributed by atoms with Gasteiger partial charge in [-0.3, -0.25) is 4.79 Å². The van der Waals surface area contributed by atoms with Crippen LogP contribution in [0.5, 0.6) is 0 Å². The Hall–Kier alpha value is -3.22. The summed E-state index contributed by atoms with van der Waals surface area (Å²) in [6, 6.07) is 13.8. The summed E-state index contributed by atoms with van der Waals surface area (Å²) in [4.78, 5) is 19.1. The fourth-order valence-corrected chi connectivity index (χ4v) is 4.30. The number of nitrogens with one attached hydrogen (secondary N) is 2. The number of aromatic nitrogens is 1. The summed E-state index contributed by atoms with van der Waals surface area (Å²) < 4.78 is 26.4. The summed E-state index contributed by atoms with van der Waals surface area (Å²) in [6.45, 7) is 0.531. The minimum atomic E-state index is -1.01. The Bertz CT molecular complexity index is 1110. The molecule has 0 atom stereocenters. The van der Waals surface area contributed by atoms with E-state index in [0.29, 0.717) is 18.5 Å². The molecular weight excluding hydrogens is 410 g/mol. The van der Waals surface area contributed by atoms with Crippen LogP contribution in [0.4, 0.5) is 20.3 Å². The van der Waals surface area contributed by atoms with Gasteiger partial charge in [-0.25, -0.2) is 13.8 Å². The van der Waals surface area contributed by atoms with Gasteiger partial charge in [-0.2, -0.15) is 0 Å². The third-order valence-electron chi connectivity index (χ3n) is 6.11. The van der Waals surface area contributed by atoms with E-state index in [1.165, 1.54) is 6.07 Å². The summed E-state index contributed by atoms with van der Waals surface area (Å²) in [5, 5.41) is 7.57. The van der Waals surface area contributed by atoms with Gasteiger partial charge in [-0.05, 0) is 55.9 Å². The van der Waals surface area contributed by atoms with Crippen molar-refractivity contribution < 1.29 is 13.6 Å². The molecule has 1 aromatic heterocycles. The largest absolute Gasteiger partial charge is 0.377 e. The number of hydrogen-bond donors (Lipinski definition) is 2. The molecule has 0 radical (unpaired) electrons. The van der Waals surface area contributed by atoms with E-state index >= 15 is 0 Å². The molecule has 1 aliphatic carbocycles. The molecule has 3 aromatic rings. The summed E-state index contributed by atoms with van der Waals surface area (Å²) >= 11 is 0. The van der Waals surface area contributed by atoms with Crippen molar-refractivity contribution in [1.29, 1.82) is 0 Å². The van der Waals surface area contributed by atoms with E-state index in [9.17, 15) is 13.6 Å². The Morgan fingerprint density at radius 1 is 1.03 bits per heavy atom. The maximum absolute atomic E-state index is 13.3. The molecule has 1 fully saturated rings. The number of pyridine rings is 1. The van der Waals surface area contributed by atoms with Crippen LogP contribution < -0.4 is 15.5 Å². The molecular formula is C25H28F2N4O. The fourth-order valence-electron chi connectivity index (χ4n) is 4.30. The molecule has 1 aliphatic rings. The topological polar surface area (TPSA) is 57.3 Å². The smallest absolute Gasteiger partial charge is 0.251 e. The number of carbonyl (C=O) groups is 1. The van der Waals surface area contributed by atoms with Crippen molar-refractivity contribution in [3.63, 3.8) is 0 Å². The van der Waals surface area contributed by atoms with E-state index in [4.69, 9.17) is 4.98 Å². The monoisotopic (exact) mass is 438 g/mol. The number of hydrogen-bond acceptors (Lipinski definition) is 4. The van der Waals surface area contributed by atoms with Gasteiger partial charge in [0.25, 0.3) is 5.91 Å². The van der Waals surface area contributed by atoms with Crippen molar-refractivity contribution in [1.82, 2.24) is 10.3 Å². The van der Waals surface area contributed by atoms with Gasteiger partial charge in [0.15, 0.2) is 11.6 Å². The standard InChI is InChI=1S/C25H28F2N4O/c1-31(2)23-14-24(30-22-6-4-3-5-19(22)23)29-18-10-7-16(8-11-18)15-28-25(32)17-9-12-20(26)21(27)13-17/h3-6,9,12-14,16,18H,7-8,10-11,15H2,1-2H3,(H,28,32)(H,29,30)/t16-,18+. The zero-order valence-electron chi connectivity index (χ0n) is 18.4. The molecule has 0 unspecified atom stereocenters. The quantitative estimate of drug-likeness (QED) is 0.570. The molecule has 0 bridgehead atoms. The van der Waals surface area contributed by atoms with E-state index in [0.717, 1.165) is 60.2 Å². The summed E-state index contributed by atoms with van der Waals surface area (Å²) in [7, 11) is 4.07. The van der Waals surface area contributed by atoms with Crippen molar-refractivity contribution in [2.75, 3.05) is 30.9 Å². The summed E-state index contributed by atoms with van der Waals surface area (Å²) in [6.07, 6.45) is 3.92. The van der Waals surface area contributed by atoms with E-state index in [1.54, 1.807) is 0 Å². The Kier molecular flexibility index (Phi) is 6.53. The Labute approximate surface area is 186 Å². The van der Waals surface area contributed by atoms with E-state index in [1.807, 2.05) is 32.3 Å². The predicted molar refractivity (Wildman–Crippen MR) is 124 cm³/mol. The van der Waals surface area contributed by atoms with Crippen molar-refractivity contribution in [3.05, 3.63) is 65.7 Å². The van der Waals surface area contributed by atoms with Crippen LogP contribution in [0.15, 0.2) is 48.5 Å². The third kappa shape index (κ3) is 4.98. The fraction of sp³-hybridized carbons (Fsp3) is 0.360. The normalized spacial score (nSPS) is 18.4. The first-order chi connectivity index (χ1) is 15.4. The summed E-state index contributed by atoms with van der Waals surface area (Å²) in [5.74, 6) is -1.10. The highest BCUT2D eigenvalue weighted by Crippen LogP contribution is 2.30. The summed E-state index contributed by atoms with van der Waals surface area (Å²) in [5.41, 5.74) is 2.24. The van der Waals surface area contributed by atoms with E-state index in [-0.39, 0.29) is 11.5 Å². The maximum atomic E-state index is 13.3. The van der Waals surface area contributed by atoms with E-state index in [2.05, 4.69) is 27.7 Å². The van der Waals surface area contributed by atoms with Crippen LogP contribution in [0.1, 0.15) is 36.0 Å². The van der Waals surface area contributed by atoms with Gasteiger partial charge in [0.2, 0.25) is 0 Å². The number of para-hydroxylation sites is 1. The first kappa shape index (κ1) is 22.0. The second-order valence-corrected chi connectivity index (χ2v) is 8.64. The molecule has 1 amide bonds. The number of benzene rings is 2. The number of anilines is 2. The molecule has 7 heteroatoms. The number of fused-ring (bicyclic) bond motifs is 1. The molecule has 5 nitrogen and oxygen atoms in total. The molecule has 1 heterocycles. The average molecular weight is 439 g/mol. The van der Waals surface area contributed by atoms with E-state index < -0.39 is 11.6 Å². The van der Waals surface area contributed by atoms with Gasteiger partial charge in [-0.15, -0.1) is 0 Å². The highest BCUT2D eigenvalue weighted by Gasteiger charge is 2.22. The van der Waals surface area contributed by atoms with Crippen LogP contribution in [-0.2, 0) is 0 Å². The second kappa shape index (κ2) is 9.51. The molecule has 2 N–H and O–H groups in total. The SMILES string of the molecule is CN(C)c1cc(N[C@H]2CC[C@@H](CNC(=O)c3ccc(F)c(F)c3)CC2)nc2ccccc12. The van der Waals surface area contributed by atoms with Crippen LogP contribution in [0.2, 0.25) is 0 Å². The molecule has 32 heavy (non-hydrogen) atoms. The molecule has 0 spiro atoms. The molecule has 1 saturated carbocycles. The van der Waals surface area contributed by atoms with Crippen LogP contribution in [0.3, 0.4) is 0 Å². The molecule has 168 valence electrons. The van der Waals surface area contributed by atoms with Gasteiger partial charge in [0, 0.05) is 49.4 Å². The van der Waals surface area contributed by atoms with Crippen LogP contribution >= 0.6 is 0 Å². The highest BCUT2D eigenvalue weighted by atomic mass is 19.2. The van der Waals surface area contributed by atoms with Gasteiger partial charge in [-0.1, -0.05) is 18.2 Å². The lowest BCUT2D eigenvalue weighted by Crippen LogP contribution is -2.34. The minimum Gasteiger partial charge on any atom is -0.377 e. The number of halogens is 2. The lowest BCUT2D eigenvalue weighted by Gasteiger charge is -2.30. The lowest BCUT2D eigenvalue weighted by molar-refractivity contribution is 0.0942. The Morgan fingerprint density at radius 2 is 1.78 bits per heavy atom. The van der Waals surface area contributed by atoms with Crippen molar-refractivity contribution in [2.24, 2.45) is 5.92 Å². The van der Waals surface area contributed by atoms with Crippen molar-refractivity contribution in [3.8, 4) is 0 Å². The van der Waals surface area contributed by atoms with Gasteiger partial charge in [0.1, 0.15) is 5.82 Å². The predicted octanol–water partition coefficient (Wildman–Crippen LogP) is 4.98. The molecule has 0 aliphatic heterocycles. The van der Waals surface area contributed by atoms with Gasteiger partial charge < -0.3 is 15.5 Å². The van der Waals surface area contributed by atoms with Crippen LogP contribution in [0, 0.1) is 17.6 Å². The Balaban J connectivity index is 1.31. The van der Waals surface area contributed by atoms with Crippen LogP contribution in [-0.4, -0.2) is 37.6 Å². The number of rotatable bonds is 6. The number of amides is 1. The molecule has 2 aromatic carbocycles. The second-order valence-electron chi connectivity index (χ2n) is 8.64. The average Bonchev–Trinajstić information content (AvgIpc) is 2.79. The van der Waals surface area contributed by atoms with Gasteiger partial charge in [0.05, 0.1) is 5.52 Å².